The van der Waals surface area contributed by atoms with Crippen LogP contribution in [0.4, 0.5) is 0 Å². The van der Waals surface area contributed by atoms with E-state index in [2.05, 4.69) is 49.3 Å². The lowest BCUT2D eigenvalue weighted by Crippen LogP contribution is -2.54. The molecule has 1 unspecified atom stereocenters. The van der Waals surface area contributed by atoms with E-state index >= 15 is 0 Å². The first kappa shape index (κ1) is 41.1. The first-order valence-corrected chi connectivity index (χ1v) is 22.4. The molecule has 58 heavy (non-hydrogen) atoms. The number of carbonyl (C=O) groups is 3. The van der Waals surface area contributed by atoms with E-state index < -0.39 is 6.04 Å². The summed E-state index contributed by atoms with van der Waals surface area (Å²) in [5.74, 6) is 2.19. The van der Waals surface area contributed by atoms with Crippen LogP contribution in [0.1, 0.15) is 125 Å². The molecule has 2 amide bonds. The first-order chi connectivity index (χ1) is 27.9. The second kappa shape index (κ2) is 16.8. The van der Waals surface area contributed by atoms with E-state index in [0.29, 0.717) is 65.8 Å². The molecule has 2 aromatic rings. The molecule has 5 N–H and O–H groups in total. The van der Waals surface area contributed by atoms with Gasteiger partial charge in [-0.3, -0.25) is 19.3 Å². The Balaban J connectivity index is 0.914. The maximum absolute atomic E-state index is 13.8. The van der Waals surface area contributed by atoms with Crippen molar-refractivity contribution in [1.29, 1.82) is 0 Å². The number of fused-ring (bicyclic) bond motifs is 6. The van der Waals surface area contributed by atoms with E-state index in [9.17, 15) is 19.5 Å². The minimum atomic E-state index is -0.693. The van der Waals surface area contributed by atoms with Crippen LogP contribution in [0.15, 0.2) is 77.4 Å². The first-order valence-electron chi connectivity index (χ1n) is 22.4. The van der Waals surface area contributed by atoms with Crippen LogP contribution in [0.3, 0.4) is 0 Å². The van der Waals surface area contributed by atoms with Gasteiger partial charge in [0.15, 0.2) is 5.78 Å². The summed E-state index contributed by atoms with van der Waals surface area (Å²) in [6.45, 7) is 12.4. The largest absolute Gasteiger partial charge is 0.393 e. The molecule has 0 aromatic heterocycles. The molecule has 2 aliphatic heterocycles. The number of hydrogen-bond acceptors (Lipinski definition) is 7. The molecular weight excluding hydrogens is 725 g/mol. The lowest BCUT2D eigenvalue weighted by atomic mass is 9.56. The van der Waals surface area contributed by atoms with E-state index in [4.69, 9.17) is 10.5 Å². The Labute approximate surface area is 345 Å². The fourth-order valence-corrected chi connectivity index (χ4v) is 12.7. The molecule has 4 aliphatic carbocycles. The van der Waals surface area contributed by atoms with Crippen molar-refractivity contribution in [2.24, 2.45) is 40.7 Å². The maximum atomic E-state index is 13.8. The normalized spacial score (nSPS) is 34.7. The molecule has 312 valence electrons. The predicted octanol–water partition coefficient (Wildman–Crippen LogP) is 6.99. The van der Waals surface area contributed by atoms with Crippen LogP contribution in [0.5, 0.6) is 0 Å². The van der Waals surface area contributed by atoms with Gasteiger partial charge in [0.2, 0.25) is 5.91 Å². The van der Waals surface area contributed by atoms with Crippen LogP contribution < -0.4 is 16.4 Å². The van der Waals surface area contributed by atoms with E-state index in [1.165, 1.54) is 24.0 Å². The summed E-state index contributed by atoms with van der Waals surface area (Å²) in [5.41, 5.74) is 12.0. The number of nitrogens with two attached hydrogens (primary N) is 1. The molecule has 11 atom stereocenters. The van der Waals surface area contributed by atoms with Gasteiger partial charge in [0.05, 0.1) is 17.8 Å². The number of rotatable bonds is 12. The smallest absolute Gasteiger partial charge is 0.251 e. The van der Waals surface area contributed by atoms with E-state index in [1.54, 1.807) is 42.0 Å². The Hall–Kier alpha value is -3.63. The summed E-state index contributed by atoms with van der Waals surface area (Å²) in [4.78, 5) is 42.7. The number of amides is 2. The van der Waals surface area contributed by atoms with Gasteiger partial charge in [0.1, 0.15) is 6.04 Å². The number of unbranched alkanes of at least 4 members (excludes halogenated alkanes) is 1. The third-order valence-corrected chi connectivity index (χ3v) is 15.8. The summed E-state index contributed by atoms with van der Waals surface area (Å²) in [6.07, 6.45) is 13.0. The van der Waals surface area contributed by atoms with Gasteiger partial charge in [-0.25, -0.2) is 0 Å². The van der Waals surface area contributed by atoms with Crippen LogP contribution in [0.2, 0.25) is 0 Å². The zero-order valence-electron chi connectivity index (χ0n) is 35.2. The molecule has 9 nitrogen and oxygen atoms in total. The van der Waals surface area contributed by atoms with Crippen molar-refractivity contribution in [2.75, 3.05) is 26.2 Å². The van der Waals surface area contributed by atoms with Crippen LogP contribution in [-0.2, 0) is 9.53 Å². The number of nitrogens with zero attached hydrogens (tertiary/aromatic N) is 1. The fraction of sp³-hybridized carbons (Fsp3) is 0.612. The summed E-state index contributed by atoms with van der Waals surface area (Å²) in [6, 6.07) is 15.3. The highest BCUT2D eigenvalue weighted by atomic mass is 16.5. The Bertz CT molecular complexity index is 1910. The monoisotopic (exact) mass is 791 g/mol. The standard InChI is InChI=1S/C49H66N4O5/c1-30-26-43-44(32(3)49(58-43)22-20-38-39-18-17-36-27-37(54)19-21-48(36,4)41(39)28-40(38)31(49)2)53(29-30)25-24-51-47(57)42(12-8-9-23-50)52-46(56)35-15-13-34(14-16-35)45(55)33-10-6-5-7-11-33/h5-7,10-11,13-17,30,32,37-39,41-44,54H,8-9,12,18-29,50H2,1-4H3,(H,51,57)(H,52,56)/t30-,32+,37-,38-,39-,41-,42?,43+,44-,48-,49-/m0/s1. The summed E-state index contributed by atoms with van der Waals surface area (Å²) < 4.78 is 7.37. The number of allylic oxidation sites excluding steroid dienone is 2. The highest BCUT2D eigenvalue weighted by Gasteiger charge is 2.61. The van der Waals surface area contributed by atoms with Gasteiger partial charge in [-0.2, -0.15) is 0 Å². The van der Waals surface area contributed by atoms with Crippen molar-refractivity contribution in [3.8, 4) is 0 Å². The molecule has 2 saturated carbocycles. The number of benzene rings is 2. The third-order valence-electron chi connectivity index (χ3n) is 15.8. The molecule has 2 heterocycles. The average molecular weight is 791 g/mol. The zero-order valence-corrected chi connectivity index (χ0v) is 35.2. The van der Waals surface area contributed by atoms with Gasteiger partial charge in [-0.05, 0) is 131 Å². The van der Waals surface area contributed by atoms with Crippen molar-refractivity contribution < 1.29 is 24.2 Å². The molecular formula is C49H66N4O5. The van der Waals surface area contributed by atoms with Crippen molar-refractivity contribution >= 4 is 17.6 Å². The van der Waals surface area contributed by atoms with Crippen LogP contribution in [-0.4, -0.2) is 83.7 Å². The van der Waals surface area contributed by atoms with E-state index in [-0.39, 0.29) is 46.9 Å². The fourth-order valence-electron chi connectivity index (χ4n) is 12.7. The Morgan fingerprint density at radius 3 is 2.48 bits per heavy atom. The predicted molar refractivity (Wildman–Crippen MR) is 227 cm³/mol. The summed E-state index contributed by atoms with van der Waals surface area (Å²) in [5, 5.41) is 16.7. The molecule has 8 rings (SSSR count). The van der Waals surface area contributed by atoms with Crippen molar-refractivity contribution in [3.05, 3.63) is 94.1 Å². The quantitative estimate of drug-likeness (QED) is 0.104. The van der Waals surface area contributed by atoms with Crippen molar-refractivity contribution in [2.45, 2.75) is 128 Å². The highest BCUT2D eigenvalue weighted by Crippen LogP contribution is 2.65. The minimum Gasteiger partial charge on any atom is -0.393 e. The number of nitrogens with one attached hydrogen (secondary N) is 2. The highest BCUT2D eigenvalue weighted by molar-refractivity contribution is 6.09. The number of aliphatic hydroxyl groups is 1. The molecule has 0 radical (unpaired) electrons. The third kappa shape index (κ3) is 7.54. The number of hydrogen-bond donors (Lipinski definition) is 4. The Morgan fingerprint density at radius 2 is 1.72 bits per heavy atom. The molecule has 1 spiro atoms. The lowest BCUT2D eigenvalue weighted by Gasteiger charge is -2.49. The molecule has 2 saturated heterocycles. The second-order valence-corrected chi connectivity index (χ2v) is 19.1. The maximum Gasteiger partial charge on any atom is 0.251 e. The second-order valence-electron chi connectivity index (χ2n) is 19.1. The lowest BCUT2D eigenvalue weighted by molar-refractivity contribution is -0.123. The summed E-state index contributed by atoms with van der Waals surface area (Å²) >= 11 is 0. The van der Waals surface area contributed by atoms with Gasteiger partial charge >= 0.3 is 0 Å². The molecule has 6 aliphatic rings. The number of ether oxygens (including phenoxy) is 1. The van der Waals surface area contributed by atoms with Crippen LogP contribution in [0.25, 0.3) is 0 Å². The molecule has 0 bridgehead atoms. The van der Waals surface area contributed by atoms with Gasteiger partial charge < -0.3 is 26.2 Å². The van der Waals surface area contributed by atoms with Gasteiger partial charge in [-0.15, -0.1) is 0 Å². The van der Waals surface area contributed by atoms with Crippen LogP contribution in [0, 0.1) is 35.0 Å². The molecule has 9 heteroatoms. The van der Waals surface area contributed by atoms with E-state index in [1.807, 2.05) is 18.2 Å². The Kier molecular flexibility index (Phi) is 11.9. The SMILES string of the molecule is CC1=C2C[C@H]3[C@@H](CC=C4C[C@@H](O)CC[C@@]43C)[C@@H]2CC[C@]12O[C@@H]1C[C@H](C)CN(CCNC(=O)C(CCCCN)NC(=O)c3ccc(C(=O)c4ccccc4)cc3)[C@H]1[C@H]2C. The van der Waals surface area contributed by atoms with Gasteiger partial charge in [0, 0.05) is 48.3 Å². The number of piperidine rings is 1. The van der Waals surface area contributed by atoms with Gasteiger partial charge in [-0.1, -0.05) is 80.5 Å². The van der Waals surface area contributed by atoms with Crippen molar-refractivity contribution in [3.63, 3.8) is 0 Å². The van der Waals surface area contributed by atoms with Crippen LogP contribution >= 0.6 is 0 Å². The minimum absolute atomic E-state index is 0.104. The Morgan fingerprint density at radius 1 is 0.983 bits per heavy atom. The zero-order chi connectivity index (χ0) is 40.8. The molecule has 4 fully saturated rings. The van der Waals surface area contributed by atoms with Crippen molar-refractivity contribution in [1.82, 2.24) is 15.5 Å². The van der Waals surface area contributed by atoms with Gasteiger partial charge in [0.25, 0.3) is 5.91 Å². The number of carbonyl (C=O) groups excluding carboxylic acids is 3. The average Bonchev–Trinajstić information content (AvgIpc) is 3.75. The topological polar surface area (TPSA) is 134 Å². The summed E-state index contributed by atoms with van der Waals surface area (Å²) in [7, 11) is 0. The number of ketones is 1. The number of likely N-dealkylation sites (tertiary alicyclic amines) is 1. The van der Waals surface area contributed by atoms with E-state index in [0.717, 1.165) is 64.5 Å². The number of aliphatic hydroxyl groups excluding tert-OH is 1. The molecule has 2 aromatic carbocycles.